The fraction of sp³-hybridized carbons (Fsp3) is 0.409. The molecule has 1 saturated heterocycles. The average molecular weight is 491 g/mol. The van der Waals surface area contributed by atoms with Crippen molar-refractivity contribution in [1.82, 2.24) is 19.9 Å². The lowest BCUT2D eigenvalue weighted by Gasteiger charge is -2.31. The molecule has 2 N–H and O–H groups in total. The molecule has 180 valence electrons. The van der Waals surface area contributed by atoms with Crippen molar-refractivity contribution < 1.29 is 18.4 Å². The number of aromatic nitrogens is 3. The van der Waals surface area contributed by atoms with Crippen LogP contribution in [0.15, 0.2) is 29.3 Å². The molecule has 0 atom stereocenters. The maximum absolute atomic E-state index is 13.3. The highest BCUT2D eigenvalue weighted by molar-refractivity contribution is 7.22. The van der Waals surface area contributed by atoms with Gasteiger partial charge in [0.25, 0.3) is 5.56 Å². The van der Waals surface area contributed by atoms with Crippen molar-refractivity contribution in [3.8, 4) is 0 Å². The number of anilines is 2. The maximum atomic E-state index is 13.3. The Balaban J connectivity index is 1.43. The number of piperidine rings is 1. The minimum absolute atomic E-state index is 0.0449. The summed E-state index contributed by atoms with van der Waals surface area (Å²) in [5, 5.41) is 6.02. The van der Waals surface area contributed by atoms with Crippen LogP contribution in [0.4, 0.5) is 19.6 Å². The fourth-order valence-electron chi connectivity index (χ4n) is 3.75. The van der Waals surface area contributed by atoms with E-state index < -0.39 is 23.1 Å². The summed E-state index contributed by atoms with van der Waals surface area (Å²) >= 11 is 1.19. The quantitative estimate of drug-likeness (QED) is 0.550. The molecule has 1 aliphatic rings. The van der Waals surface area contributed by atoms with Crippen LogP contribution >= 0.6 is 11.3 Å². The molecule has 0 unspecified atom stereocenters. The number of halogens is 2. The topological polar surface area (TPSA) is 109 Å². The van der Waals surface area contributed by atoms with Gasteiger partial charge in [-0.3, -0.25) is 19.0 Å². The maximum Gasteiger partial charge on any atom is 0.273 e. The Morgan fingerprint density at radius 1 is 1.21 bits per heavy atom. The molecule has 0 radical (unpaired) electrons. The van der Waals surface area contributed by atoms with Crippen LogP contribution in [0.5, 0.6) is 0 Å². The van der Waals surface area contributed by atoms with E-state index in [1.807, 2.05) is 18.7 Å². The lowest BCUT2D eigenvalue weighted by atomic mass is 9.96. The lowest BCUT2D eigenvalue weighted by Crippen LogP contribution is -2.42. The Kier molecular flexibility index (Phi) is 6.87. The van der Waals surface area contributed by atoms with Gasteiger partial charge in [0.1, 0.15) is 17.6 Å². The van der Waals surface area contributed by atoms with Crippen molar-refractivity contribution in [3.63, 3.8) is 0 Å². The SMILES string of the molecule is CC(C)NC(=O)C1CCN(c2nc3ncn(CC(=O)Nc4ccc(F)c(F)c4)c(=O)c3s2)CC1. The van der Waals surface area contributed by atoms with Gasteiger partial charge in [-0.15, -0.1) is 0 Å². The van der Waals surface area contributed by atoms with Crippen molar-refractivity contribution in [2.24, 2.45) is 5.92 Å². The van der Waals surface area contributed by atoms with E-state index in [4.69, 9.17) is 0 Å². The molecule has 1 aromatic carbocycles. The van der Waals surface area contributed by atoms with Crippen LogP contribution < -0.4 is 21.1 Å². The van der Waals surface area contributed by atoms with Gasteiger partial charge in [0.05, 0.1) is 0 Å². The lowest BCUT2D eigenvalue weighted by molar-refractivity contribution is -0.126. The zero-order chi connectivity index (χ0) is 24.4. The molecule has 2 aromatic heterocycles. The smallest absolute Gasteiger partial charge is 0.273 e. The predicted octanol–water partition coefficient (Wildman–Crippen LogP) is 2.51. The number of hydrogen-bond donors (Lipinski definition) is 2. The number of rotatable bonds is 6. The van der Waals surface area contributed by atoms with Crippen LogP contribution in [0.1, 0.15) is 26.7 Å². The summed E-state index contributed by atoms with van der Waals surface area (Å²) in [6, 6.07) is 3.10. The number of hydrogen-bond acceptors (Lipinski definition) is 7. The first kappa shape index (κ1) is 23.7. The van der Waals surface area contributed by atoms with E-state index in [1.54, 1.807) is 0 Å². The van der Waals surface area contributed by atoms with Gasteiger partial charge in [-0.2, -0.15) is 4.98 Å². The summed E-state index contributed by atoms with van der Waals surface area (Å²) in [7, 11) is 0. The Bertz CT molecular complexity index is 1280. The number of fused-ring (bicyclic) bond motifs is 1. The van der Waals surface area contributed by atoms with E-state index in [2.05, 4.69) is 20.6 Å². The van der Waals surface area contributed by atoms with E-state index in [0.717, 1.165) is 16.7 Å². The highest BCUT2D eigenvalue weighted by atomic mass is 32.1. The molecular formula is C22H24F2N6O3S. The van der Waals surface area contributed by atoms with E-state index in [9.17, 15) is 23.2 Å². The molecule has 1 aliphatic heterocycles. The van der Waals surface area contributed by atoms with Crippen LogP contribution in [0.2, 0.25) is 0 Å². The molecule has 1 fully saturated rings. The van der Waals surface area contributed by atoms with E-state index in [1.165, 1.54) is 23.7 Å². The molecule has 3 aromatic rings. The van der Waals surface area contributed by atoms with Gasteiger partial charge in [0.2, 0.25) is 11.8 Å². The Morgan fingerprint density at radius 3 is 2.62 bits per heavy atom. The average Bonchev–Trinajstić information content (AvgIpc) is 3.23. The standard InChI is InChI=1S/C22H24F2N6O3S/c1-12(2)26-20(32)13-5-7-29(8-6-13)22-28-19-18(34-22)21(33)30(11-25-19)10-17(31)27-14-3-4-15(23)16(24)9-14/h3-4,9,11-13H,5-8,10H2,1-2H3,(H,26,32)(H,27,31). The summed E-state index contributed by atoms with van der Waals surface area (Å²) in [6.45, 7) is 4.80. The summed E-state index contributed by atoms with van der Waals surface area (Å²) in [4.78, 5) is 48.1. The molecule has 2 amide bonds. The highest BCUT2D eigenvalue weighted by Crippen LogP contribution is 2.29. The Hall–Kier alpha value is -3.41. The van der Waals surface area contributed by atoms with E-state index in [0.29, 0.717) is 41.4 Å². The Labute approximate surface area is 197 Å². The first-order valence-electron chi connectivity index (χ1n) is 10.9. The summed E-state index contributed by atoms with van der Waals surface area (Å²) in [5.41, 5.74) is -0.0427. The molecule has 0 saturated carbocycles. The van der Waals surface area contributed by atoms with Crippen LogP contribution in [-0.2, 0) is 16.1 Å². The molecule has 9 nitrogen and oxygen atoms in total. The molecule has 12 heteroatoms. The summed E-state index contributed by atoms with van der Waals surface area (Å²) in [6.07, 6.45) is 2.62. The molecule has 0 spiro atoms. The highest BCUT2D eigenvalue weighted by Gasteiger charge is 2.27. The van der Waals surface area contributed by atoms with Crippen LogP contribution in [0, 0.1) is 17.6 Å². The molecular weight excluding hydrogens is 466 g/mol. The minimum atomic E-state index is -1.08. The van der Waals surface area contributed by atoms with E-state index in [-0.39, 0.29) is 30.1 Å². The van der Waals surface area contributed by atoms with Gasteiger partial charge in [0.15, 0.2) is 22.4 Å². The first-order valence-corrected chi connectivity index (χ1v) is 11.7. The zero-order valence-electron chi connectivity index (χ0n) is 18.7. The second-order valence-corrected chi connectivity index (χ2v) is 9.41. The molecule has 34 heavy (non-hydrogen) atoms. The van der Waals surface area contributed by atoms with Crippen molar-refractivity contribution in [3.05, 3.63) is 46.5 Å². The fourth-order valence-corrected chi connectivity index (χ4v) is 4.77. The van der Waals surface area contributed by atoms with Crippen LogP contribution in [0.3, 0.4) is 0 Å². The number of amides is 2. The van der Waals surface area contributed by atoms with Crippen molar-refractivity contribution >= 4 is 44.3 Å². The summed E-state index contributed by atoms with van der Waals surface area (Å²) < 4.78 is 27.9. The third kappa shape index (κ3) is 5.22. The number of nitrogens with zero attached hydrogens (tertiary/aromatic N) is 4. The normalized spacial score (nSPS) is 14.6. The van der Waals surface area contributed by atoms with Crippen molar-refractivity contribution in [2.75, 3.05) is 23.3 Å². The molecule has 0 aliphatic carbocycles. The van der Waals surface area contributed by atoms with Crippen molar-refractivity contribution in [1.29, 1.82) is 0 Å². The van der Waals surface area contributed by atoms with Gasteiger partial charge in [-0.25, -0.2) is 13.8 Å². The Morgan fingerprint density at radius 2 is 1.94 bits per heavy atom. The second kappa shape index (κ2) is 9.84. The van der Waals surface area contributed by atoms with Crippen LogP contribution in [-0.4, -0.2) is 45.5 Å². The second-order valence-electron chi connectivity index (χ2n) is 8.43. The number of carbonyl (C=O) groups is 2. The minimum Gasteiger partial charge on any atom is -0.354 e. The zero-order valence-corrected chi connectivity index (χ0v) is 19.5. The van der Waals surface area contributed by atoms with Crippen molar-refractivity contribution in [2.45, 2.75) is 39.3 Å². The number of carbonyl (C=O) groups excluding carboxylic acids is 2. The van der Waals surface area contributed by atoms with E-state index >= 15 is 0 Å². The first-order chi connectivity index (χ1) is 16.2. The van der Waals surface area contributed by atoms with Gasteiger partial charge >= 0.3 is 0 Å². The molecule has 0 bridgehead atoms. The molecule has 4 rings (SSSR count). The predicted molar refractivity (Wildman–Crippen MR) is 125 cm³/mol. The third-order valence-electron chi connectivity index (χ3n) is 5.46. The van der Waals surface area contributed by atoms with Gasteiger partial charge in [-0.1, -0.05) is 11.3 Å². The van der Waals surface area contributed by atoms with Gasteiger partial charge in [-0.05, 0) is 38.8 Å². The molecule has 3 heterocycles. The largest absolute Gasteiger partial charge is 0.354 e. The van der Waals surface area contributed by atoms with Gasteiger partial charge < -0.3 is 15.5 Å². The number of benzene rings is 1. The van der Waals surface area contributed by atoms with Gasteiger partial charge in [0, 0.05) is 36.8 Å². The monoisotopic (exact) mass is 490 g/mol. The third-order valence-corrected chi connectivity index (χ3v) is 6.55. The van der Waals surface area contributed by atoms with Crippen LogP contribution in [0.25, 0.3) is 10.3 Å². The number of thiazole rings is 1. The summed E-state index contributed by atoms with van der Waals surface area (Å²) in [5.74, 6) is -2.67. The number of nitrogens with one attached hydrogen (secondary N) is 2.